The number of ether oxygens (including phenoxy) is 1. The van der Waals surface area contributed by atoms with Crippen molar-refractivity contribution in [2.24, 2.45) is 0 Å². The number of hydrogen-bond donors (Lipinski definition) is 0. The molecule has 0 aliphatic carbocycles. The summed E-state index contributed by atoms with van der Waals surface area (Å²) in [5.41, 5.74) is -0.00742. The van der Waals surface area contributed by atoms with E-state index in [0.717, 1.165) is 18.2 Å². The van der Waals surface area contributed by atoms with Gasteiger partial charge in [-0.25, -0.2) is 4.98 Å². The molecule has 0 N–H and O–H groups in total. The zero-order valence-corrected chi connectivity index (χ0v) is 13.6. The molecule has 126 valence electrons. The minimum Gasteiger partial charge on any atom is -0.484 e. The zero-order chi connectivity index (χ0) is 16.9. The summed E-state index contributed by atoms with van der Waals surface area (Å²) in [5, 5.41) is 13.5. The number of hydrogen-bond acceptors (Lipinski definition) is 7. The van der Waals surface area contributed by atoms with Crippen LogP contribution >= 0.6 is 11.3 Å². The highest BCUT2D eigenvalue weighted by Crippen LogP contribution is 2.19. The van der Waals surface area contributed by atoms with Gasteiger partial charge in [0.15, 0.2) is 11.7 Å². The SMILES string of the molecule is O=C(COc1ccc([N+](=O)[O-])cc1)N1CCN(c2nccs2)CC1. The topological polar surface area (TPSA) is 88.8 Å². The molecule has 1 fully saturated rings. The second-order valence-corrected chi connectivity index (χ2v) is 6.10. The normalized spacial score (nSPS) is 14.5. The molecule has 9 heteroatoms. The predicted molar refractivity (Wildman–Crippen MR) is 89.5 cm³/mol. The molecule has 0 radical (unpaired) electrons. The first-order chi connectivity index (χ1) is 11.6. The molecule has 1 aliphatic rings. The first-order valence-corrected chi connectivity index (χ1v) is 8.31. The van der Waals surface area contributed by atoms with E-state index in [9.17, 15) is 14.9 Å². The zero-order valence-electron chi connectivity index (χ0n) is 12.8. The van der Waals surface area contributed by atoms with Crippen molar-refractivity contribution in [3.63, 3.8) is 0 Å². The van der Waals surface area contributed by atoms with Gasteiger partial charge in [0.05, 0.1) is 4.92 Å². The summed E-state index contributed by atoms with van der Waals surface area (Å²) in [5.74, 6) is 0.350. The molecule has 0 saturated carbocycles. The Kier molecular flexibility index (Phi) is 4.90. The molecule has 1 aromatic heterocycles. The van der Waals surface area contributed by atoms with Crippen LogP contribution in [0.25, 0.3) is 0 Å². The molecular weight excluding hydrogens is 332 g/mol. The second-order valence-electron chi connectivity index (χ2n) is 5.22. The van der Waals surface area contributed by atoms with E-state index in [4.69, 9.17) is 4.74 Å². The highest BCUT2D eigenvalue weighted by molar-refractivity contribution is 7.13. The van der Waals surface area contributed by atoms with Crippen LogP contribution in [0.5, 0.6) is 5.75 Å². The van der Waals surface area contributed by atoms with E-state index in [2.05, 4.69) is 9.88 Å². The molecule has 2 heterocycles. The van der Waals surface area contributed by atoms with Crippen LogP contribution in [0.1, 0.15) is 0 Å². The van der Waals surface area contributed by atoms with Crippen LogP contribution in [0, 0.1) is 10.1 Å². The lowest BCUT2D eigenvalue weighted by molar-refractivity contribution is -0.384. The Morgan fingerprint density at radius 1 is 1.25 bits per heavy atom. The minimum absolute atomic E-state index is 0.00742. The number of nitro benzene ring substituents is 1. The van der Waals surface area contributed by atoms with Crippen molar-refractivity contribution in [1.82, 2.24) is 9.88 Å². The van der Waals surface area contributed by atoms with Gasteiger partial charge in [-0.05, 0) is 12.1 Å². The van der Waals surface area contributed by atoms with Crippen LogP contribution in [-0.4, -0.2) is 53.5 Å². The van der Waals surface area contributed by atoms with Crippen molar-refractivity contribution in [2.75, 3.05) is 37.7 Å². The number of benzene rings is 1. The van der Waals surface area contributed by atoms with Crippen LogP contribution < -0.4 is 9.64 Å². The Bertz CT molecular complexity index is 697. The monoisotopic (exact) mass is 348 g/mol. The Hall–Kier alpha value is -2.68. The average molecular weight is 348 g/mol. The minimum atomic E-state index is -0.475. The molecule has 0 bridgehead atoms. The first kappa shape index (κ1) is 16.2. The van der Waals surface area contributed by atoms with Crippen molar-refractivity contribution >= 4 is 28.1 Å². The lowest BCUT2D eigenvalue weighted by Gasteiger charge is -2.34. The summed E-state index contributed by atoms with van der Waals surface area (Å²) < 4.78 is 5.42. The van der Waals surface area contributed by atoms with Crippen molar-refractivity contribution < 1.29 is 14.5 Å². The maximum atomic E-state index is 12.2. The molecule has 0 atom stereocenters. The molecule has 1 amide bonds. The largest absolute Gasteiger partial charge is 0.484 e. The van der Waals surface area contributed by atoms with Gasteiger partial charge in [0, 0.05) is 49.9 Å². The van der Waals surface area contributed by atoms with Gasteiger partial charge in [-0.15, -0.1) is 11.3 Å². The smallest absolute Gasteiger partial charge is 0.269 e. The van der Waals surface area contributed by atoms with Gasteiger partial charge in [-0.3, -0.25) is 14.9 Å². The number of aromatic nitrogens is 1. The van der Waals surface area contributed by atoms with E-state index in [0.29, 0.717) is 18.8 Å². The molecule has 1 aromatic carbocycles. The third-order valence-electron chi connectivity index (χ3n) is 3.73. The highest BCUT2D eigenvalue weighted by atomic mass is 32.1. The maximum absolute atomic E-state index is 12.2. The molecule has 3 rings (SSSR count). The van der Waals surface area contributed by atoms with Crippen molar-refractivity contribution in [3.8, 4) is 5.75 Å². The Balaban J connectivity index is 1.46. The summed E-state index contributed by atoms with van der Waals surface area (Å²) in [4.78, 5) is 30.5. The second kappa shape index (κ2) is 7.26. The Morgan fingerprint density at radius 2 is 1.96 bits per heavy atom. The summed E-state index contributed by atoms with van der Waals surface area (Å²) in [7, 11) is 0. The van der Waals surface area contributed by atoms with Gasteiger partial charge < -0.3 is 14.5 Å². The van der Waals surface area contributed by atoms with Crippen molar-refractivity contribution in [2.45, 2.75) is 0 Å². The Labute approximate surface area is 142 Å². The van der Waals surface area contributed by atoms with Crippen LogP contribution in [0.4, 0.5) is 10.8 Å². The van der Waals surface area contributed by atoms with Gasteiger partial charge in [-0.1, -0.05) is 0 Å². The number of carbonyl (C=O) groups is 1. The lowest BCUT2D eigenvalue weighted by Crippen LogP contribution is -2.50. The van der Waals surface area contributed by atoms with Crippen LogP contribution in [0.15, 0.2) is 35.8 Å². The lowest BCUT2D eigenvalue weighted by atomic mass is 10.3. The molecule has 1 aliphatic heterocycles. The van der Waals surface area contributed by atoms with Crippen LogP contribution in [0.3, 0.4) is 0 Å². The van der Waals surface area contributed by atoms with Gasteiger partial charge in [0.2, 0.25) is 0 Å². The van der Waals surface area contributed by atoms with Gasteiger partial charge in [0.1, 0.15) is 5.75 Å². The third kappa shape index (κ3) is 3.80. The first-order valence-electron chi connectivity index (χ1n) is 7.43. The number of thiazole rings is 1. The summed E-state index contributed by atoms with van der Waals surface area (Å²) in [6, 6.07) is 5.69. The molecule has 0 spiro atoms. The van der Waals surface area contributed by atoms with Crippen LogP contribution in [-0.2, 0) is 4.79 Å². The fourth-order valence-corrected chi connectivity index (χ4v) is 3.12. The molecule has 1 saturated heterocycles. The molecule has 24 heavy (non-hydrogen) atoms. The number of rotatable bonds is 5. The van der Waals surface area contributed by atoms with Gasteiger partial charge in [-0.2, -0.15) is 0 Å². The summed E-state index contributed by atoms with van der Waals surface area (Å²) >= 11 is 1.59. The quantitative estimate of drug-likeness (QED) is 0.604. The number of anilines is 1. The fraction of sp³-hybridized carbons (Fsp3) is 0.333. The van der Waals surface area contributed by atoms with E-state index in [-0.39, 0.29) is 18.2 Å². The van der Waals surface area contributed by atoms with E-state index >= 15 is 0 Å². The molecule has 0 unspecified atom stereocenters. The number of non-ortho nitro benzene ring substituents is 1. The number of amides is 1. The molecule has 8 nitrogen and oxygen atoms in total. The van der Waals surface area contributed by atoms with E-state index < -0.39 is 4.92 Å². The molecule has 2 aromatic rings. The summed E-state index contributed by atoms with van der Waals surface area (Å²) in [6.07, 6.45) is 1.77. The van der Waals surface area contributed by atoms with E-state index in [1.807, 2.05) is 5.38 Å². The highest BCUT2D eigenvalue weighted by Gasteiger charge is 2.22. The molecular formula is C15H16N4O4S. The van der Waals surface area contributed by atoms with E-state index in [1.165, 1.54) is 24.3 Å². The predicted octanol–water partition coefficient (Wildman–Crippen LogP) is 1.78. The van der Waals surface area contributed by atoms with E-state index in [1.54, 1.807) is 22.4 Å². The maximum Gasteiger partial charge on any atom is 0.269 e. The van der Waals surface area contributed by atoms with Crippen LogP contribution in [0.2, 0.25) is 0 Å². The van der Waals surface area contributed by atoms with Crippen molar-refractivity contribution in [1.29, 1.82) is 0 Å². The number of nitro groups is 1. The fourth-order valence-electron chi connectivity index (χ4n) is 2.42. The Morgan fingerprint density at radius 3 is 2.54 bits per heavy atom. The third-order valence-corrected chi connectivity index (χ3v) is 4.56. The van der Waals surface area contributed by atoms with Gasteiger partial charge in [0.25, 0.3) is 11.6 Å². The standard InChI is InChI=1S/C15H16N4O4S/c20-14(11-23-13-3-1-12(2-4-13)19(21)22)17-6-8-18(9-7-17)15-16-5-10-24-15/h1-5,10H,6-9,11H2. The average Bonchev–Trinajstić information content (AvgIpc) is 3.15. The number of carbonyl (C=O) groups excluding carboxylic acids is 1. The van der Waals surface area contributed by atoms with Crippen molar-refractivity contribution in [3.05, 3.63) is 46.0 Å². The number of nitrogens with zero attached hydrogens (tertiary/aromatic N) is 4. The summed E-state index contributed by atoms with van der Waals surface area (Å²) in [6.45, 7) is 2.67. The number of piperazine rings is 1. The van der Waals surface area contributed by atoms with Gasteiger partial charge >= 0.3 is 0 Å².